The Hall–Kier alpha value is -2.74. The molecule has 4 nitrogen and oxygen atoms in total. The smallest absolute Gasteiger partial charge is 0.416 e. The number of aromatic nitrogens is 2. The van der Waals surface area contributed by atoms with E-state index >= 15 is 0 Å². The van der Waals surface area contributed by atoms with Crippen molar-refractivity contribution in [3.63, 3.8) is 0 Å². The maximum atomic E-state index is 12.8. The van der Waals surface area contributed by atoms with Gasteiger partial charge in [0.2, 0.25) is 0 Å². The van der Waals surface area contributed by atoms with Gasteiger partial charge in [-0.25, -0.2) is 4.68 Å². The van der Waals surface area contributed by atoms with Gasteiger partial charge >= 0.3 is 12.1 Å². The van der Waals surface area contributed by atoms with E-state index < -0.39 is 17.7 Å². The van der Waals surface area contributed by atoms with Crippen LogP contribution in [0.2, 0.25) is 0 Å². The lowest BCUT2D eigenvalue weighted by Crippen LogP contribution is -2.05. The lowest BCUT2D eigenvalue weighted by Gasteiger charge is -2.12. The minimum atomic E-state index is -4.36. The van der Waals surface area contributed by atoms with Gasteiger partial charge in [-0.05, 0) is 74.7 Å². The lowest BCUT2D eigenvalue weighted by atomic mass is 10.0. The van der Waals surface area contributed by atoms with E-state index in [-0.39, 0.29) is 11.7 Å². The number of hydrogen-bond donors (Lipinski definition) is 1. The molecule has 3 rings (SSSR count). The summed E-state index contributed by atoms with van der Waals surface area (Å²) in [6.45, 7) is 5.91. The summed E-state index contributed by atoms with van der Waals surface area (Å²) >= 11 is 1.65. The van der Waals surface area contributed by atoms with Crippen molar-refractivity contribution >= 4 is 17.7 Å². The fourth-order valence-corrected chi connectivity index (χ4v) is 4.50. The number of carboxylic acid groups (broad SMARTS) is 1. The van der Waals surface area contributed by atoms with Crippen molar-refractivity contribution in [3.05, 3.63) is 76.6 Å². The highest BCUT2D eigenvalue weighted by Crippen LogP contribution is 2.37. The highest BCUT2D eigenvalue weighted by molar-refractivity contribution is 7.99. The first kappa shape index (κ1) is 22.9. The topological polar surface area (TPSA) is 55.1 Å². The van der Waals surface area contributed by atoms with Crippen LogP contribution < -0.4 is 0 Å². The molecule has 0 unspecified atom stereocenters. The molecule has 1 heterocycles. The molecule has 0 aliphatic carbocycles. The van der Waals surface area contributed by atoms with Crippen LogP contribution in [0.3, 0.4) is 0 Å². The molecule has 3 aromatic rings. The summed E-state index contributed by atoms with van der Waals surface area (Å²) in [5, 5.41) is 13.4. The molecule has 0 aliphatic heterocycles. The van der Waals surface area contributed by atoms with Gasteiger partial charge in [0, 0.05) is 28.3 Å². The number of carbonyl (C=O) groups is 1. The molecule has 0 amide bonds. The average molecular weight is 449 g/mol. The zero-order valence-electron chi connectivity index (χ0n) is 17.4. The molecular formula is C23H23F3N2O2S. The standard InChI is InChI=1S/C23H23F3N2O2S/c1-14-12-20(10-4-17(14)5-11-22(29)30)31-16(3)21-13-28(27-15(21)2)19-8-6-18(7-9-19)23(24,25)26/h4,6-10,12-13,16H,5,11H2,1-3H3,(H,29,30)/t16-/m1/s1. The zero-order valence-corrected chi connectivity index (χ0v) is 18.2. The summed E-state index contributed by atoms with van der Waals surface area (Å²) in [5.74, 6) is -0.813. The quantitative estimate of drug-likeness (QED) is 0.426. The van der Waals surface area contributed by atoms with Gasteiger partial charge in [-0.3, -0.25) is 4.79 Å². The molecule has 164 valence electrons. The normalized spacial score (nSPS) is 12.7. The van der Waals surface area contributed by atoms with Gasteiger partial charge in [0.1, 0.15) is 0 Å². The van der Waals surface area contributed by atoms with Crippen molar-refractivity contribution in [2.45, 2.75) is 49.9 Å². The molecular weight excluding hydrogens is 425 g/mol. The van der Waals surface area contributed by atoms with Crippen LogP contribution in [0.4, 0.5) is 13.2 Å². The second kappa shape index (κ2) is 9.18. The minimum absolute atomic E-state index is 0.0764. The largest absolute Gasteiger partial charge is 0.481 e. The van der Waals surface area contributed by atoms with Crippen LogP contribution in [0.5, 0.6) is 0 Å². The van der Waals surface area contributed by atoms with E-state index in [0.717, 1.165) is 39.4 Å². The maximum absolute atomic E-state index is 12.8. The number of aliphatic carboxylic acids is 1. The van der Waals surface area contributed by atoms with Crippen molar-refractivity contribution in [1.82, 2.24) is 9.78 Å². The fourth-order valence-electron chi connectivity index (χ4n) is 3.34. The number of rotatable bonds is 7. The first-order valence-electron chi connectivity index (χ1n) is 9.76. The van der Waals surface area contributed by atoms with Gasteiger partial charge in [-0.1, -0.05) is 6.07 Å². The summed E-state index contributed by atoms with van der Waals surface area (Å²) in [6, 6.07) is 10.9. The second-order valence-corrected chi connectivity index (χ2v) is 8.82. The van der Waals surface area contributed by atoms with E-state index in [0.29, 0.717) is 12.1 Å². The van der Waals surface area contributed by atoms with Crippen LogP contribution in [0.1, 0.15) is 46.5 Å². The number of aryl methyl sites for hydroxylation is 3. The summed E-state index contributed by atoms with van der Waals surface area (Å²) in [5.41, 5.74) is 3.76. The predicted octanol–water partition coefficient (Wildman–Crippen LogP) is 6.38. The average Bonchev–Trinajstić information content (AvgIpc) is 3.08. The van der Waals surface area contributed by atoms with E-state index in [9.17, 15) is 18.0 Å². The number of nitrogens with zero attached hydrogens (tertiary/aromatic N) is 2. The van der Waals surface area contributed by atoms with Gasteiger partial charge in [0.05, 0.1) is 16.9 Å². The van der Waals surface area contributed by atoms with E-state index in [1.165, 1.54) is 12.1 Å². The third-order valence-corrected chi connectivity index (χ3v) is 6.20. The zero-order chi connectivity index (χ0) is 22.8. The Morgan fingerprint density at radius 2 is 1.84 bits per heavy atom. The number of alkyl halides is 3. The molecule has 31 heavy (non-hydrogen) atoms. The van der Waals surface area contributed by atoms with Crippen LogP contribution in [0.25, 0.3) is 5.69 Å². The summed E-state index contributed by atoms with van der Waals surface area (Å²) < 4.78 is 39.9. The fraction of sp³-hybridized carbons (Fsp3) is 0.304. The molecule has 1 N–H and O–H groups in total. The van der Waals surface area contributed by atoms with Crippen LogP contribution in [-0.2, 0) is 17.4 Å². The Labute approximate surface area is 183 Å². The lowest BCUT2D eigenvalue weighted by molar-refractivity contribution is -0.138. The SMILES string of the molecule is Cc1cc(S[C@H](C)c2cn(-c3ccc(C(F)(F)F)cc3)nc2C)ccc1CCC(=O)O. The monoisotopic (exact) mass is 448 g/mol. The Morgan fingerprint density at radius 1 is 1.16 bits per heavy atom. The van der Waals surface area contributed by atoms with Gasteiger partial charge in [0.25, 0.3) is 0 Å². The van der Waals surface area contributed by atoms with Gasteiger partial charge in [0.15, 0.2) is 0 Å². The third-order valence-electron chi connectivity index (χ3n) is 5.07. The number of thioether (sulfide) groups is 1. The molecule has 0 fully saturated rings. The molecule has 0 radical (unpaired) electrons. The Bertz CT molecular complexity index is 1080. The molecule has 8 heteroatoms. The molecule has 0 saturated carbocycles. The van der Waals surface area contributed by atoms with E-state index in [4.69, 9.17) is 5.11 Å². The second-order valence-electron chi connectivity index (χ2n) is 7.40. The summed E-state index contributed by atoms with van der Waals surface area (Å²) in [7, 11) is 0. The molecule has 2 aromatic carbocycles. The predicted molar refractivity (Wildman–Crippen MR) is 115 cm³/mol. The number of halogens is 3. The van der Waals surface area contributed by atoms with Crippen LogP contribution in [-0.4, -0.2) is 20.9 Å². The maximum Gasteiger partial charge on any atom is 0.416 e. The molecule has 1 atom stereocenters. The van der Waals surface area contributed by atoms with Crippen molar-refractivity contribution in [2.24, 2.45) is 0 Å². The van der Waals surface area contributed by atoms with Crippen molar-refractivity contribution in [1.29, 1.82) is 0 Å². The Morgan fingerprint density at radius 3 is 2.42 bits per heavy atom. The third kappa shape index (κ3) is 5.70. The van der Waals surface area contributed by atoms with E-state index in [2.05, 4.69) is 12.0 Å². The molecule has 1 aromatic heterocycles. The van der Waals surface area contributed by atoms with E-state index in [1.807, 2.05) is 38.2 Å². The molecule has 0 saturated heterocycles. The molecule has 0 aliphatic rings. The summed E-state index contributed by atoms with van der Waals surface area (Å²) in [4.78, 5) is 11.8. The number of hydrogen-bond acceptors (Lipinski definition) is 3. The van der Waals surface area contributed by atoms with Crippen molar-refractivity contribution in [3.8, 4) is 5.69 Å². The first-order chi connectivity index (χ1) is 14.5. The van der Waals surface area contributed by atoms with E-state index in [1.54, 1.807) is 16.4 Å². The van der Waals surface area contributed by atoms with Gasteiger partial charge < -0.3 is 5.11 Å². The van der Waals surface area contributed by atoms with Crippen LogP contribution in [0.15, 0.2) is 53.6 Å². The van der Waals surface area contributed by atoms with Crippen LogP contribution >= 0.6 is 11.8 Å². The first-order valence-corrected chi connectivity index (χ1v) is 10.6. The molecule has 0 bridgehead atoms. The highest BCUT2D eigenvalue weighted by atomic mass is 32.2. The highest BCUT2D eigenvalue weighted by Gasteiger charge is 2.30. The molecule has 0 spiro atoms. The van der Waals surface area contributed by atoms with Crippen molar-refractivity contribution < 1.29 is 23.1 Å². The number of carboxylic acids is 1. The number of benzene rings is 2. The Balaban J connectivity index is 1.74. The van der Waals surface area contributed by atoms with Gasteiger partial charge in [-0.15, -0.1) is 11.8 Å². The minimum Gasteiger partial charge on any atom is -0.481 e. The van der Waals surface area contributed by atoms with Gasteiger partial charge in [-0.2, -0.15) is 18.3 Å². The van der Waals surface area contributed by atoms with Crippen molar-refractivity contribution in [2.75, 3.05) is 0 Å². The Kier molecular flexibility index (Phi) is 6.79. The van der Waals surface area contributed by atoms with Crippen LogP contribution in [0, 0.1) is 13.8 Å². The summed E-state index contributed by atoms with van der Waals surface area (Å²) in [6.07, 6.45) is -1.91.